The van der Waals surface area contributed by atoms with Crippen LogP contribution in [-0.4, -0.2) is 47.3 Å². The first-order chi connectivity index (χ1) is 14.1. The Bertz CT molecular complexity index is 820. The molecule has 1 unspecified atom stereocenters. The van der Waals surface area contributed by atoms with Crippen LogP contribution < -0.4 is 0 Å². The first kappa shape index (κ1) is 19.7. The van der Waals surface area contributed by atoms with Gasteiger partial charge in [0.2, 0.25) is 5.91 Å². The number of rotatable bonds is 5. The van der Waals surface area contributed by atoms with Crippen molar-refractivity contribution in [3.8, 4) is 0 Å². The van der Waals surface area contributed by atoms with Crippen LogP contribution in [0.15, 0.2) is 47.1 Å². The third kappa shape index (κ3) is 4.55. The highest BCUT2D eigenvalue weighted by Crippen LogP contribution is 2.27. The van der Waals surface area contributed by atoms with Gasteiger partial charge in [0.25, 0.3) is 5.91 Å². The molecule has 2 fully saturated rings. The van der Waals surface area contributed by atoms with Crippen molar-refractivity contribution < 1.29 is 14.0 Å². The largest absolute Gasteiger partial charge is 0.459 e. The molecule has 0 aliphatic carbocycles. The number of carbonyl (C=O) groups excluding carboxylic acids is 2. The molecule has 2 aliphatic heterocycles. The Balaban J connectivity index is 1.28. The zero-order valence-corrected chi connectivity index (χ0v) is 17.2. The van der Waals surface area contributed by atoms with Crippen LogP contribution in [0.3, 0.4) is 0 Å². The number of carbonyl (C=O) groups is 2. The lowest BCUT2D eigenvalue weighted by Crippen LogP contribution is -2.50. The molecule has 0 spiro atoms. The lowest BCUT2D eigenvalue weighted by molar-refractivity contribution is -0.136. The van der Waals surface area contributed by atoms with Crippen LogP contribution >= 0.6 is 0 Å². The van der Waals surface area contributed by atoms with Gasteiger partial charge in [-0.1, -0.05) is 29.8 Å². The highest BCUT2D eigenvalue weighted by molar-refractivity contribution is 5.96. The van der Waals surface area contributed by atoms with Crippen LogP contribution in [-0.2, 0) is 11.2 Å². The number of piperidine rings is 1. The number of benzene rings is 1. The van der Waals surface area contributed by atoms with Crippen LogP contribution in [0.1, 0.15) is 53.8 Å². The van der Waals surface area contributed by atoms with E-state index in [0.717, 1.165) is 45.2 Å². The van der Waals surface area contributed by atoms with Gasteiger partial charge in [-0.15, -0.1) is 0 Å². The van der Waals surface area contributed by atoms with Crippen LogP contribution in [0.5, 0.6) is 0 Å². The van der Waals surface area contributed by atoms with E-state index < -0.39 is 0 Å². The number of hydrogen-bond acceptors (Lipinski definition) is 3. The summed E-state index contributed by atoms with van der Waals surface area (Å²) in [6.45, 7) is 4.35. The van der Waals surface area contributed by atoms with Crippen molar-refractivity contribution in [2.75, 3.05) is 19.6 Å². The van der Waals surface area contributed by atoms with Crippen molar-refractivity contribution in [3.63, 3.8) is 0 Å². The number of amides is 2. The summed E-state index contributed by atoms with van der Waals surface area (Å²) in [5.74, 6) is 0.933. The van der Waals surface area contributed by atoms with Gasteiger partial charge < -0.3 is 14.2 Å². The van der Waals surface area contributed by atoms with Gasteiger partial charge in [0.05, 0.1) is 6.26 Å². The molecule has 154 valence electrons. The quantitative estimate of drug-likeness (QED) is 0.768. The van der Waals surface area contributed by atoms with Gasteiger partial charge in [0.1, 0.15) is 6.04 Å². The zero-order chi connectivity index (χ0) is 20.2. The highest BCUT2D eigenvalue weighted by Gasteiger charge is 2.38. The minimum absolute atomic E-state index is 0.111. The third-order valence-corrected chi connectivity index (χ3v) is 6.42. The van der Waals surface area contributed by atoms with E-state index in [1.54, 1.807) is 17.0 Å². The van der Waals surface area contributed by atoms with Gasteiger partial charge in [-0.3, -0.25) is 9.59 Å². The second kappa shape index (κ2) is 8.85. The van der Waals surface area contributed by atoms with Gasteiger partial charge in [-0.2, -0.15) is 0 Å². The summed E-state index contributed by atoms with van der Waals surface area (Å²) in [6, 6.07) is 11.8. The summed E-state index contributed by atoms with van der Waals surface area (Å²) in [5, 5.41) is 0. The molecule has 1 aromatic carbocycles. The van der Waals surface area contributed by atoms with Crippen molar-refractivity contribution in [3.05, 3.63) is 59.5 Å². The van der Waals surface area contributed by atoms with E-state index in [0.29, 0.717) is 18.2 Å². The second-order valence-corrected chi connectivity index (χ2v) is 8.43. The molecule has 5 heteroatoms. The van der Waals surface area contributed by atoms with Crippen molar-refractivity contribution in [2.24, 2.45) is 5.92 Å². The molecular weight excluding hydrogens is 364 g/mol. The van der Waals surface area contributed by atoms with E-state index >= 15 is 0 Å². The van der Waals surface area contributed by atoms with Crippen LogP contribution in [0.4, 0.5) is 0 Å². The van der Waals surface area contributed by atoms with Crippen molar-refractivity contribution in [1.29, 1.82) is 0 Å². The number of furan rings is 1. The molecule has 29 heavy (non-hydrogen) atoms. The molecule has 2 saturated heterocycles. The fourth-order valence-corrected chi connectivity index (χ4v) is 4.59. The van der Waals surface area contributed by atoms with Gasteiger partial charge in [-0.25, -0.2) is 0 Å². The summed E-state index contributed by atoms with van der Waals surface area (Å²) in [6.07, 6.45) is 7.51. The maximum absolute atomic E-state index is 13.1. The highest BCUT2D eigenvalue weighted by atomic mass is 16.3. The Morgan fingerprint density at radius 2 is 1.79 bits per heavy atom. The van der Waals surface area contributed by atoms with Crippen LogP contribution in [0.2, 0.25) is 0 Å². The van der Waals surface area contributed by atoms with Gasteiger partial charge in [-0.05, 0) is 69.1 Å². The van der Waals surface area contributed by atoms with Crippen molar-refractivity contribution in [1.82, 2.24) is 9.80 Å². The first-order valence-corrected chi connectivity index (χ1v) is 10.8. The molecule has 0 N–H and O–H groups in total. The van der Waals surface area contributed by atoms with E-state index in [2.05, 4.69) is 31.2 Å². The Labute approximate surface area is 172 Å². The molecule has 4 rings (SSSR count). The summed E-state index contributed by atoms with van der Waals surface area (Å²) >= 11 is 0. The van der Waals surface area contributed by atoms with Crippen LogP contribution in [0.25, 0.3) is 0 Å². The molecule has 5 nitrogen and oxygen atoms in total. The molecular formula is C24H30N2O3. The summed E-state index contributed by atoms with van der Waals surface area (Å²) in [5.41, 5.74) is 2.69. The molecule has 0 bridgehead atoms. The fourth-order valence-electron chi connectivity index (χ4n) is 4.59. The number of aryl methyl sites for hydroxylation is 2. The SMILES string of the molecule is Cc1ccc(CCC2CCN(C(=O)C3CCCN3C(=O)c3ccco3)CC2)cc1. The standard InChI is InChI=1S/C24H30N2O3/c1-18-6-8-19(9-7-18)10-11-20-12-15-25(16-13-20)23(27)21-4-2-14-26(21)24(28)22-5-3-17-29-22/h3,5-9,17,20-21H,2,4,10-16H2,1H3. The van der Waals surface area contributed by atoms with Crippen molar-refractivity contribution in [2.45, 2.75) is 51.5 Å². The predicted octanol–water partition coefficient (Wildman–Crippen LogP) is 4.06. The Kier molecular flexibility index (Phi) is 6.02. The van der Waals surface area contributed by atoms with E-state index in [4.69, 9.17) is 4.42 Å². The second-order valence-electron chi connectivity index (χ2n) is 8.43. The molecule has 2 aromatic rings. The summed E-state index contributed by atoms with van der Waals surface area (Å²) < 4.78 is 5.25. The predicted molar refractivity (Wildman–Crippen MR) is 112 cm³/mol. The van der Waals surface area contributed by atoms with Gasteiger partial charge in [0, 0.05) is 19.6 Å². The Morgan fingerprint density at radius 3 is 2.48 bits per heavy atom. The Hall–Kier alpha value is -2.56. The van der Waals surface area contributed by atoms with Crippen molar-refractivity contribution >= 4 is 11.8 Å². The normalized spacial score (nSPS) is 20.2. The first-order valence-electron chi connectivity index (χ1n) is 10.8. The maximum Gasteiger partial charge on any atom is 0.290 e. The van der Waals surface area contributed by atoms with Gasteiger partial charge in [0.15, 0.2) is 5.76 Å². The average molecular weight is 395 g/mol. The lowest BCUT2D eigenvalue weighted by Gasteiger charge is -2.35. The smallest absolute Gasteiger partial charge is 0.290 e. The van der Waals surface area contributed by atoms with E-state index in [9.17, 15) is 9.59 Å². The molecule has 0 saturated carbocycles. The number of hydrogen-bond donors (Lipinski definition) is 0. The zero-order valence-electron chi connectivity index (χ0n) is 17.2. The summed E-state index contributed by atoms with van der Waals surface area (Å²) in [7, 11) is 0. The van der Waals surface area contributed by atoms with E-state index in [-0.39, 0.29) is 17.9 Å². The fraction of sp³-hybridized carbons (Fsp3) is 0.500. The minimum Gasteiger partial charge on any atom is -0.459 e. The monoisotopic (exact) mass is 394 g/mol. The molecule has 0 radical (unpaired) electrons. The number of nitrogens with zero attached hydrogens (tertiary/aromatic N) is 2. The average Bonchev–Trinajstić information content (AvgIpc) is 3.45. The Morgan fingerprint density at radius 1 is 1.03 bits per heavy atom. The molecule has 2 amide bonds. The molecule has 2 aliphatic rings. The molecule has 1 aromatic heterocycles. The van der Waals surface area contributed by atoms with E-state index in [1.807, 2.05) is 4.90 Å². The number of likely N-dealkylation sites (tertiary alicyclic amines) is 2. The summed E-state index contributed by atoms with van der Waals surface area (Å²) in [4.78, 5) is 29.4. The molecule has 3 heterocycles. The van der Waals surface area contributed by atoms with Gasteiger partial charge >= 0.3 is 0 Å². The van der Waals surface area contributed by atoms with Crippen LogP contribution in [0, 0.1) is 12.8 Å². The third-order valence-electron chi connectivity index (χ3n) is 6.42. The van der Waals surface area contributed by atoms with E-state index in [1.165, 1.54) is 23.8 Å². The maximum atomic E-state index is 13.1. The minimum atomic E-state index is -0.336. The lowest BCUT2D eigenvalue weighted by atomic mass is 9.90. The topological polar surface area (TPSA) is 53.8 Å². The molecule has 1 atom stereocenters.